The Bertz CT molecular complexity index is 3070. The number of thiazole rings is 1. The molecule has 0 aliphatic rings. The molecule has 0 bridgehead atoms. The molecule has 67 heavy (non-hydrogen) atoms. The van der Waals surface area contributed by atoms with E-state index < -0.39 is 11.9 Å². The number of aromatic nitrogens is 7. The van der Waals surface area contributed by atoms with E-state index in [-0.39, 0.29) is 12.0 Å². The Hall–Kier alpha value is -8.11. The molecule has 0 radical (unpaired) electrons. The minimum absolute atomic E-state index is 0.194. The minimum Gasteiger partial charge on any atom is -0.493 e. The maximum atomic E-state index is 11.7. The van der Waals surface area contributed by atoms with Gasteiger partial charge in [0.1, 0.15) is 23.0 Å². The summed E-state index contributed by atoms with van der Waals surface area (Å²) in [5.41, 5.74) is 7.47. The summed E-state index contributed by atoms with van der Waals surface area (Å²) in [6.45, 7) is 6.56. The lowest BCUT2D eigenvalue weighted by Gasteiger charge is -2.08. The first-order chi connectivity index (χ1) is 32.5. The van der Waals surface area contributed by atoms with Crippen molar-refractivity contribution in [3.05, 3.63) is 196 Å². The molecule has 5 heterocycles. The Kier molecular flexibility index (Phi) is 14.4. The van der Waals surface area contributed by atoms with Gasteiger partial charge in [0.25, 0.3) is 0 Å². The van der Waals surface area contributed by atoms with Gasteiger partial charge in [-0.2, -0.15) is 15.0 Å². The number of carboxylic acid groups (broad SMARTS) is 2. The third kappa shape index (κ3) is 12.0. The van der Waals surface area contributed by atoms with E-state index >= 15 is 0 Å². The van der Waals surface area contributed by atoms with Crippen LogP contribution in [0.15, 0.2) is 142 Å². The summed E-state index contributed by atoms with van der Waals surface area (Å²) in [7, 11) is 0. The molecule has 16 heteroatoms. The maximum Gasteiger partial charge on any atom is 0.337 e. The first kappa shape index (κ1) is 45.5. The molecule has 4 aromatic carbocycles. The summed E-state index contributed by atoms with van der Waals surface area (Å²) >= 11 is 1.46. The standard InChI is InChI=1S/C29H26N4O4.C22H21N3O4S/c1-20-25(30-29(37-20)22-10-4-2-5-11-22)15-16-36-24-14-8-9-21(17-24)18-26-27(19-28(34)35)32-33(31-26)23-12-6-3-7-13-23;1-14-20(24-15(2)29-14)6-8-28-18-5-3-4-16(11-18)10-17-12-25(13-19(17)21(26)27)22-23-7-9-30-22/h2-14,17H,15-16,18-19H2,1H3,(H,34,35);3-5,7,9,11-13H,6,8,10H2,1-2H3,(H,26,27). The molecular weight excluding hydrogens is 871 g/mol. The monoisotopic (exact) mass is 917 g/mol. The number of carboxylic acids is 2. The van der Waals surface area contributed by atoms with Crippen LogP contribution in [0.1, 0.15) is 67.2 Å². The van der Waals surface area contributed by atoms with Crippen molar-refractivity contribution >= 4 is 23.3 Å². The fraction of sp³-hybridized carbons (Fsp3) is 0.196. The molecule has 0 aliphatic carbocycles. The summed E-state index contributed by atoms with van der Waals surface area (Å²) in [4.78, 5) is 37.8. The van der Waals surface area contributed by atoms with Crippen molar-refractivity contribution in [3.8, 4) is 33.8 Å². The highest BCUT2D eigenvalue weighted by Gasteiger charge is 2.18. The van der Waals surface area contributed by atoms with Crippen LogP contribution in [0.3, 0.4) is 0 Å². The molecule has 0 atom stereocenters. The number of aromatic carboxylic acids is 1. The lowest BCUT2D eigenvalue weighted by molar-refractivity contribution is -0.136. The van der Waals surface area contributed by atoms with E-state index in [1.807, 2.05) is 142 Å². The molecule has 9 rings (SSSR count). The van der Waals surface area contributed by atoms with E-state index in [0.717, 1.165) is 67.5 Å². The third-order valence-corrected chi connectivity index (χ3v) is 11.3. The molecule has 0 amide bonds. The van der Waals surface area contributed by atoms with Crippen LogP contribution in [0.2, 0.25) is 0 Å². The van der Waals surface area contributed by atoms with Gasteiger partial charge in [0.2, 0.25) is 5.89 Å². The Morgan fingerprint density at radius 2 is 1.31 bits per heavy atom. The van der Waals surface area contributed by atoms with Crippen LogP contribution in [0.25, 0.3) is 22.3 Å². The van der Waals surface area contributed by atoms with E-state index in [1.165, 1.54) is 16.1 Å². The zero-order chi connectivity index (χ0) is 46.7. The fourth-order valence-corrected chi connectivity index (χ4v) is 7.94. The Labute approximate surface area is 390 Å². The van der Waals surface area contributed by atoms with E-state index in [1.54, 1.807) is 17.0 Å². The normalized spacial score (nSPS) is 11.0. The van der Waals surface area contributed by atoms with Crippen LogP contribution in [-0.2, 0) is 36.9 Å². The highest BCUT2D eigenvalue weighted by atomic mass is 32.1. The van der Waals surface area contributed by atoms with Gasteiger partial charge in [0, 0.05) is 55.7 Å². The summed E-state index contributed by atoms with van der Waals surface area (Å²) in [5, 5.41) is 30.5. The zero-order valence-corrected chi connectivity index (χ0v) is 37.9. The largest absolute Gasteiger partial charge is 0.493 e. The molecule has 9 aromatic rings. The second-order valence-corrected chi connectivity index (χ2v) is 16.4. The van der Waals surface area contributed by atoms with Crippen molar-refractivity contribution < 1.29 is 38.1 Å². The van der Waals surface area contributed by atoms with Gasteiger partial charge in [-0.1, -0.05) is 60.7 Å². The molecule has 5 aromatic heterocycles. The number of nitrogens with zero attached hydrogens (tertiary/aromatic N) is 7. The van der Waals surface area contributed by atoms with Gasteiger partial charge in [0.15, 0.2) is 11.0 Å². The molecule has 340 valence electrons. The average Bonchev–Trinajstić information content (AvgIpc) is 4.18. The quantitative estimate of drug-likeness (QED) is 0.0827. The summed E-state index contributed by atoms with van der Waals surface area (Å²) < 4.78 is 24.9. The SMILES string of the molecule is Cc1nc(CCOc2cccc(Cc3cn(-c4nccs4)cc3C(=O)O)c2)c(C)o1.Cc1oc(-c2ccccc2)nc1CCOc1cccc(Cc2nn(-c3ccccc3)nc2CC(=O)O)c1. The van der Waals surface area contributed by atoms with Gasteiger partial charge in [-0.15, -0.1) is 11.3 Å². The highest BCUT2D eigenvalue weighted by molar-refractivity contribution is 7.12. The first-order valence-electron chi connectivity index (χ1n) is 21.5. The minimum atomic E-state index is -0.953. The predicted molar refractivity (Wildman–Crippen MR) is 251 cm³/mol. The molecular formula is C51H47N7O8S. The zero-order valence-electron chi connectivity index (χ0n) is 37.0. The molecule has 0 unspecified atom stereocenters. The maximum absolute atomic E-state index is 11.7. The smallest absolute Gasteiger partial charge is 0.337 e. The molecule has 2 N–H and O–H groups in total. The fourth-order valence-electron chi connectivity index (χ4n) is 7.35. The van der Waals surface area contributed by atoms with Crippen LogP contribution in [-0.4, -0.2) is 69.9 Å². The van der Waals surface area contributed by atoms with Crippen molar-refractivity contribution in [1.29, 1.82) is 0 Å². The van der Waals surface area contributed by atoms with Crippen molar-refractivity contribution in [2.45, 2.75) is 52.9 Å². The van der Waals surface area contributed by atoms with E-state index in [4.69, 9.17) is 18.3 Å². The van der Waals surface area contributed by atoms with E-state index in [2.05, 4.69) is 25.1 Å². The highest BCUT2D eigenvalue weighted by Crippen LogP contribution is 2.25. The van der Waals surface area contributed by atoms with Crippen LogP contribution < -0.4 is 9.47 Å². The van der Waals surface area contributed by atoms with Crippen LogP contribution in [0, 0.1) is 20.8 Å². The van der Waals surface area contributed by atoms with Gasteiger partial charge < -0.3 is 28.5 Å². The van der Waals surface area contributed by atoms with Crippen molar-refractivity contribution in [3.63, 3.8) is 0 Å². The molecule has 15 nitrogen and oxygen atoms in total. The van der Waals surface area contributed by atoms with Crippen LogP contribution in [0.5, 0.6) is 11.5 Å². The van der Waals surface area contributed by atoms with Crippen LogP contribution in [0.4, 0.5) is 0 Å². The number of rotatable bonds is 18. The summed E-state index contributed by atoms with van der Waals surface area (Å²) in [6.07, 6.45) is 7.13. The van der Waals surface area contributed by atoms with Gasteiger partial charge in [-0.3, -0.25) is 9.36 Å². The summed E-state index contributed by atoms with van der Waals surface area (Å²) in [6, 6.07) is 34.7. The number of hydrogen-bond donors (Lipinski definition) is 2. The number of benzene rings is 4. The average molecular weight is 918 g/mol. The lowest BCUT2D eigenvalue weighted by atomic mass is 10.0. The van der Waals surface area contributed by atoms with E-state index in [9.17, 15) is 19.8 Å². The molecule has 0 saturated carbocycles. The number of hydrogen-bond acceptors (Lipinski definition) is 12. The number of para-hydroxylation sites is 1. The third-order valence-electron chi connectivity index (χ3n) is 10.5. The molecule has 0 saturated heterocycles. The molecule has 0 fully saturated rings. The Morgan fingerprint density at radius 3 is 1.93 bits per heavy atom. The number of aliphatic carboxylic acids is 1. The number of ether oxygens (including phenoxy) is 2. The van der Waals surface area contributed by atoms with Gasteiger partial charge in [-0.25, -0.2) is 19.7 Å². The Morgan fingerprint density at radius 1 is 0.687 bits per heavy atom. The first-order valence-corrected chi connectivity index (χ1v) is 22.4. The van der Waals surface area contributed by atoms with Gasteiger partial charge in [0.05, 0.1) is 53.7 Å². The number of aryl methyl sites for hydroxylation is 3. The predicted octanol–water partition coefficient (Wildman–Crippen LogP) is 9.52. The Balaban J connectivity index is 0.000000186. The van der Waals surface area contributed by atoms with Crippen LogP contribution >= 0.6 is 11.3 Å². The number of oxazole rings is 2. The topological polar surface area (TPSA) is 194 Å². The second-order valence-electron chi connectivity index (χ2n) is 15.5. The molecule has 0 spiro atoms. The second kappa shape index (κ2) is 21.3. The van der Waals surface area contributed by atoms with Crippen molar-refractivity contribution in [2.75, 3.05) is 13.2 Å². The van der Waals surface area contributed by atoms with Gasteiger partial charge >= 0.3 is 11.9 Å². The van der Waals surface area contributed by atoms with Crippen molar-refractivity contribution in [1.82, 2.24) is 34.5 Å². The lowest BCUT2D eigenvalue weighted by Crippen LogP contribution is -2.05. The number of carbonyl (C=O) groups is 2. The van der Waals surface area contributed by atoms with Crippen molar-refractivity contribution in [2.24, 2.45) is 0 Å². The van der Waals surface area contributed by atoms with E-state index in [0.29, 0.717) is 62.1 Å². The summed E-state index contributed by atoms with van der Waals surface area (Å²) in [5.74, 6) is 2.42. The van der Waals surface area contributed by atoms with Gasteiger partial charge in [-0.05, 0) is 85.5 Å². The molecule has 0 aliphatic heterocycles.